The molecule has 2 rings (SSSR count). The minimum Gasteiger partial charge on any atom is -0.469 e. The largest absolute Gasteiger partial charge is 0.469 e. The Balaban J connectivity index is 2.02. The Morgan fingerprint density at radius 1 is 1.61 bits per heavy atom. The highest BCUT2D eigenvalue weighted by molar-refractivity contribution is 6.31. The third kappa shape index (κ3) is 2.82. The number of likely N-dealkylation sites (tertiary alicyclic amines) is 1. The molecule has 0 bridgehead atoms. The smallest absolute Gasteiger partial charge is 0.310 e. The molecule has 1 saturated heterocycles. The van der Waals surface area contributed by atoms with Crippen LogP contribution in [0.1, 0.15) is 12.0 Å². The Hall–Kier alpha value is -1.13. The molecule has 0 radical (unpaired) electrons. The fraction of sp³-hybridized carbons (Fsp3) is 0.462. The maximum Gasteiger partial charge on any atom is 0.310 e. The van der Waals surface area contributed by atoms with E-state index in [1.807, 2.05) is 4.90 Å². The number of nitrogens with zero attached hydrogens (tertiary/aromatic N) is 1. The second-order valence-electron chi connectivity index (χ2n) is 4.44. The third-order valence-corrected chi connectivity index (χ3v) is 3.60. The molecule has 1 fully saturated rings. The average Bonchev–Trinajstić information content (AvgIpc) is 2.81. The average molecular weight is 272 g/mol. The van der Waals surface area contributed by atoms with Crippen LogP contribution < -0.4 is 0 Å². The van der Waals surface area contributed by atoms with E-state index in [-0.39, 0.29) is 17.7 Å². The summed E-state index contributed by atoms with van der Waals surface area (Å²) in [5.74, 6) is -0.610. The molecule has 5 heteroatoms. The van der Waals surface area contributed by atoms with Crippen LogP contribution in [0.15, 0.2) is 18.2 Å². The second kappa shape index (κ2) is 5.67. The first-order chi connectivity index (χ1) is 8.61. The summed E-state index contributed by atoms with van der Waals surface area (Å²) in [7, 11) is 1.39. The van der Waals surface area contributed by atoms with Gasteiger partial charge in [0, 0.05) is 23.7 Å². The molecule has 1 unspecified atom stereocenters. The Morgan fingerprint density at radius 2 is 2.39 bits per heavy atom. The number of methoxy groups -OCH3 is 1. The number of hydrogen-bond acceptors (Lipinski definition) is 3. The van der Waals surface area contributed by atoms with E-state index in [9.17, 15) is 9.18 Å². The van der Waals surface area contributed by atoms with Gasteiger partial charge in [-0.05, 0) is 25.1 Å². The Morgan fingerprint density at radius 3 is 3.06 bits per heavy atom. The van der Waals surface area contributed by atoms with Gasteiger partial charge in [-0.3, -0.25) is 9.69 Å². The molecule has 98 valence electrons. The standard InChI is InChI=1S/C13H15ClFNO2/c1-18-13(17)9-5-6-16(7-9)8-10-11(14)3-2-4-12(10)15/h2-4,9H,5-8H2,1H3. The van der Waals surface area contributed by atoms with Crippen LogP contribution in [-0.4, -0.2) is 31.1 Å². The zero-order chi connectivity index (χ0) is 13.1. The molecule has 0 spiro atoms. The Bertz CT molecular complexity index is 432. The van der Waals surface area contributed by atoms with Gasteiger partial charge in [0.25, 0.3) is 0 Å². The van der Waals surface area contributed by atoms with Gasteiger partial charge >= 0.3 is 5.97 Å². The van der Waals surface area contributed by atoms with Gasteiger partial charge in [-0.2, -0.15) is 0 Å². The Labute approximate surface area is 110 Å². The van der Waals surface area contributed by atoms with Crippen molar-refractivity contribution in [2.45, 2.75) is 13.0 Å². The molecule has 3 nitrogen and oxygen atoms in total. The monoisotopic (exact) mass is 271 g/mol. The molecule has 1 aromatic carbocycles. The maximum atomic E-state index is 13.6. The van der Waals surface area contributed by atoms with Crippen molar-refractivity contribution in [3.63, 3.8) is 0 Å². The van der Waals surface area contributed by atoms with Crippen LogP contribution in [0.3, 0.4) is 0 Å². The van der Waals surface area contributed by atoms with Gasteiger partial charge in [0.05, 0.1) is 13.0 Å². The van der Waals surface area contributed by atoms with E-state index >= 15 is 0 Å². The van der Waals surface area contributed by atoms with Crippen LogP contribution in [0.2, 0.25) is 5.02 Å². The zero-order valence-corrected chi connectivity index (χ0v) is 10.9. The summed E-state index contributed by atoms with van der Waals surface area (Å²) >= 11 is 5.98. The molecule has 0 amide bonds. The molecule has 0 aromatic heterocycles. The number of carbonyl (C=O) groups is 1. The third-order valence-electron chi connectivity index (χ3n) is 3.25. The number of rotatable bonds is 3. The van der Waals surface area contributed by atoms with Gasteiger partial charge in [0.2, 0.25) is 0 Å². The quantitative estimate of drug-likeness (QED) is 0.791. The summed E-state index contributed by atoms with van der Waals surface area (Å²) in [4.78, 5) is 13.4. The van der Waals surface area contributed by atoms with E-state index in [2.05, 4.69) is 0 Å². The summed E-state index contributed by atoms with van der Waals surface area (Å²) in [5, 5.41) is 0.427. The van der Waals surface area contributed by atoms with Crippen molar-refractivity contribution in [2.75, 3.05) is 20.2 Å². The summed E-state index contributed by atoms with van der Waals surface area (Å²) in [6.45, 7) is 1.78. The van der Waals surface area contributed by atoms with Gasteiger partial charge in [-0.1, -0.05) is 17.7 Å². The fourth-order valence-corrected chi connectivity index (χ4v) is 2.47. The first-order valence-corrected chi connectivity index (χ1v) is 6.22. The highest BCUT2D eigenvalue weighted by Crippen LogP contribution is 2.24. The van der Waals surface area contributed by atoms with Crippen LogP contribution >= 0.6 is 11.6 Å². The van der Waals surface area contributed by atoms with Crippen LogP contribution in [0.25, 0.3) is 0 Å². The summed E-state index contributed by atoms with van der Waals surface area (Å²) in [6.07, 6.45) is 0.749. The van der Waals surface area contributed by atoms with Crippen molar-refractivity contribution in [2.24, 2.45) is 5.92 Å². The molecule has 1 aliphatic rings. The van der Waals surface area contributed by atoms with E-state index in [1.54, 1.807) is 12.1 Å². The predicted octanol–water partition coefficient (Wildman–Crippen LogP) is 2.47. The van der Waals surface area contributed by atoms with Gasteiger partial charge in [-0.25, -0.2) is 4.39 Å². The SMILES string of the molecule is COC(=O)C1CCN(Cc2c(F)cccc2Cl)C1. The molecule has 1 atom stereocenters. The van der Waals surface area contributed by atoms with Crippen molar-refractivity contribution < 1.29 is 13.9 Å². The summed E-state index contributed by atoms with van der Waals surface area (Å²) < 4.78 is 18.3. The normalized spacial score (nSPS) is 20.1. The highest BCUT2D eigenvalue weighted by Gasteiger charge is 2.29. The number of hydrogen-bond donors (Lipinski definition) is 0. The topological polar surface area (TPSA) is 29.5 Å². The zero-order valence-electron chi connectivity index (χ0n) is 10.2. The Kier molecular flexibility index (Phi) is 4.19. The van der Waals surface area contributed by atoms with E-state index in [4.69, 9.17) is 16.3 Å². The minimum absolute atomic E-state index is 0.111. The number of halogens is 2. The first-order valence-electron chi connectivity index (χ1n) is 5.85. The molecule has 0 saturated carbocycles. The fourth-order valence-electron chi connectivity index (χ4n) is 2.24. The van der Waals surface area contributed by atoms with Crippen molar-refractivity contribution in [1.29, 1.82) is 0 Å². The van der Waals surface area contributed by atoms with Gasteiger partial charge in [0.1, 0.15) is 5.82 Å². The van der Waals surface area contributed by atoms with E-state index < -0.39 is 0 Å². The molecular formula is C13H15ClFNO2. The van der Waals surface area contributed by atoms with Crippen molar-refractivity contribution in [3.05, 3.63) is 34.6 Å². The molecule has 0 aliphatic carbocycles. The highest BCUT2D eigenvalue weighted by atomic mass is 35.5. The van der Waals surface area contributed by atoms with Crippen molar-refractivity contribution >= 4 is 17.6 Å². The van der Waals surface area contributed by atoms with Crippen molar-refractivity contribution in [3.8, 4) is 0 Å². The second-order valence-corrected chi connectivity index (χ2v) is 4.85. The maximum absolute atomic E-state index is 13.6. The van der Waals surface area contributed by atoms with Crippen LogP contribution in [0.5, 0.6) is 0 Å². The summed E-state index contributed by atoms with van der Waals surface area (Å²) in [6, 6.07) is 4.66. The minimum atomic E-state index is -0.302. The van der Waals surface area contributed by atoms with E-state index in [1.165, 1.54) is 13.2 Å². The molecule has 1 heterocycles. The first kappa shape index (κ1) is 13.3. The number of carbonyl (C=O) groups excluding carboxylic acids is 1. The van der Waals surface area contributed by atoms with Gasteiger partial charge in [0.15, 0.2) is 0 Å². The van der Waals surface area contributed by atoms with Gasteiger partial charge in [-0.15, -0.1) is 0 Å². The van der Waals surface area contributed by atoms with Gasteiger partial charge < -0.3 is 4.74 Å². The predicted molar refractivity (Wildman–Crippen MR) is 66.8 cm³/mol. The lowest BCUT2D eigenvalue weighted by atomic mass is 10.1. The number of esters is 1. The number of ether oxygens (including phenoxy) is 1. The van der Waals surface area contributed by atoms with Crippen LogP contribution in [0, 0.1) is 11.7 Å². The molecule has 0 N–H and O–H groups in total. The molecule has 1 aliphatic heterocycles. The van der Waals surface area contributed by atoms with Crippen LogP contribution in [0.4, 0.5) is 4.39 Å². The van der Waals surface area contributed by atoms with Crippen LogP contribution in [-0.2, 0) is 16.1 Å². The number of benzene rings is 1. The van der Waals surface area contributed by atoms with Crippen molar-refractivity contribution in [1.82, 2.24) is 4.90 Å². The summed E-state index contributed by atoms with van der Waals surface area (Å²) in [5.41, 5.74) is 0.490. The van der Waals surface area contributed by atoms with E-state index in [0.29, 0.717) is 23.7 Å². The lowest BCUT2D eigenvalue weighted by molar-refractivity contribution is -0.144. The lowest BCUT2D eigenvalue weighted by Crippen LogP contribution is -2.24. The molecular weight excluding hydrogens is 257 g/mol. The molecule has 18 heavy (non-hydrogen) atoms. The van der Waals surface area contributed by atoms with E-state index in [0.717, 1.165) is 13.0 Å². The molecule has 1 aromatic rings. The lowest BCUT2D eigenvalue weighted by Gasteiger charge is -2.16.